The maximum absolute atomic E-state index is 13.0. The number of amides is 1. The van der Waals surface area contributed by atoms with Gasteiger partial charge in [0.1, 0.15) is 11.1 Å². The smallest absolute Gasteiger partial charge is 0.233 e. The molecule has 0 unspecified atom stereocenters. The molecule has 1 heterocycles. The lowest BCUT2D eigenvalue weighted by molar-refractivity contribution is -0.129. The highest BCUT2D eigenvalue weighted by atomic mass is 32.2. The minimum absolute atomic E-state index is 0.136. The summed E-state index contributed by atoms with van der Waals surface area (Å²) < 4.78 is 0. The van der Waals surface area contributed by atoms with Gasteiger partial charge in [-0.05, 0) is 62.6 Å². The van der Waals surface area contributed by atoms with Crippen LogP contribution in [0.5, 0.6) is 0 Å². The third-order valence-corrected chi connectivity index (χ3v) is 6.48. The van der Waals surface area contributed by atoms with Crippen LogP contribution < -0.4 is 0 Å². The summed E-state index contributed by atoms with van der Waals surface area (Å²) in [6, 6.07) is 13.0. The maximum Gasteiger partial charge on any atom is 0.233 e. The maximum atomic E-state index is 13.0. The van der Waals surface area contributed by atoms with Crippen LogP contribution in [-0.2, 0) is 24.2 Å². The van der Waals surface area contributed by atoms with Crippen molar-refractivity contribution >= 4 is 17.7 Å². The van der Waals surface area contributed by atoms with E-state index in [0.717, 1.165) is 37.8 Å². The molecule has 0 bridgehead atoms. The van der Waals surface area contributed by atoms with Crippen molar-refractivity contribution in [1.82, 2.24) is 9.88 Å². The van der Waals surface area contributed by atoms with Crippen LogP contribution in [-0.4, -0.2) is 27.6 Å². The molecule has 0 aliphatic heterocycles. The van der Waals surface area contributed by atoms with E-state index in [0.29, 0.717) is 28.9 Å². The molecule has 0 saturated heterocycles. The quantitative estimate of drug-likeness (QED) is 0.684. The van der Waals surface area contributed by atoms with Gasteiger partial charge in [-0.25, -0.2) is 4.98 Å². The molecular formula is C23H25N3OS. The minimum Gasteiger partial charge on any atom is -0.335 e. The number of nitriles is 1. The Labute approximate surface area is 171 Å². The molecule has 1 aromatic carbocycles. The average molecular weight is 392 g/mol. The number of nitrogens with zero attached hydrogens (tertiary/aromatic N) is 3. The number of pyridine rings is 1. The third-order valence-electron chi connectivity index (χ3n) is 5.50. The van der Waals surface area contributed by atoms with Gasteiger partial charge in [-0.15, -0.1) is 0 Å². The van der Waals surface area contributed by atoms with Crippen molar-refractivity contribution in [2.24, 2.45) is 0 Å². The van der Waals surface area contributed by atoms with Crippen LogP contribution in [0.15, 0.2) is 35.4 Å². The van der Waals surface area contributed by atoms with E-state index in [9.17, 15) is 10.1 Å². The Morgan fingerprint density at radius 2 is 2.00 bits per heavy atom. The Hall–Kier alpha value is -2.32. The topological polar surface area (TPSA) is 57.0 Å². The summed E-state index contributed by atoms with van der Waals surface area (Å²) in [5.74, 6) is 0.472. The SMILES string of the molecule is Cc1ccc(CN(C(=O)CSc2nc3c(cc2C#N)CCCC3)C2CC2)cc1. The number of hydrogen-bond acceptors (Lipinski definition) is 4. The molecule has 2 aliphatic rings. The van der Waals surface area contributed by atoms with E-state index < -0.39 is 0 Å². The summed E-state index contributed by atoms with van der Waals surface area (Å²) in [6.07, 6.45) is 6.48. The second-order valence-electron chi connectivity index (χ2n) is 7.79. The Morgan fingerprint density at radius 1 is 1.25 bits per heavy atom. The van der Waals surface area contributed by atoms with E-state index in [1.54, 1.807) is 0 Å². The van der Waals surface area contributed by atoms with E-state index in [-0.39, 0.29) is 5.91 Å². The van der Waals surface area contributed by atoms with Gasteiger partial charge in [0, 0.05) is 18.3 Å². The monoisotopic (exact) mass is 391 g/mol. The van der Waals surface area contributed by atoms with Gasteiger partial charge >= 0.3 is 0 Å². The first-order chi connectivity index (χ1) is 13.6. The fraction of sp³-hybridized carbons (Fsp3) is 0.435. The fourth-order valence-electron chi connectivity index (χ4n) is 3.72. The van der Waals surface area contributed by atoms with Crippen LogP contribution in [0.3, 0.4) is 0 Å². The van der Waals surface area contributed by atoms with Gasteiger partial charge in [0.05, 0.1) is 11.3 Å². The number of carbonyl (C=O) groups excluding carboxylic acids is 1. The number of aryl methyl sites for hydroxylation is 3. The van der Waals surface area contributed by atoms with E-state index >= 15 is 0 Å². The first-order valence-corrected chi connectivity index (χ1v) is 11.0. The standard InChI is InChI=1S/C23H25N3OS/c1-16-6-8-17(9-7-16)14-26(20-10-11-20)22(27)15-28-23-19(13-24)12-18-4-2-3-5-21(18)25-23/h6-9,12,20H,2-5,10-11,14-15H2,1H3. The van der Waals surface area contributed by atoms with Gasteiger partial charge in [0.2, 0.25) is 5.91 Å². The largest absolute Gasteiger partial charge is 0.335 e. The predicted molar refractivity (Wildman–Crippen MR) is 111 cm³/mol. The normalized spacial score (nSPS) is 15.6. The lowest BCUT2D eigenvalue weighted by Gasteiger charge is -2.23. The number of thioether (sulfide) groups is 1. The number of rotatable bonds is 6. The summed E-state index contributed by atoms with van der Waals surface area (Å²) in [5.41, 5.74) is 5.32. The molecule has 1 fully saturated rings. The molecule has 0 N–H and O–H groups in total. The zero-order valence-corrected chi connectivity index (χ0v) is 17.1. The molecular weight excluding hydrogens is 366 g/mol. The summed E-state index contributed by atoms with van der Waals surface area (Å²) in [6.45, 7) is 2.73. The van der Waals surface area contributed by atoms with Crippen LogP contribution in [0, 0.1) is 18.3 Å². The summed E-state index contributed by atoms with van der Waals surface area (Å²) in [5, 5.41) is 10.2. The van der Waals surface area contributed by atoms with E-state index in [2.05, 4.69) is 37.3 Å². The van der Waals surface area contributed by atoms with Crippen molar-refractivity contribution in [2.75, 3.05) is 5.75 Å². The van der Waals surface area contributed by atoms with Gasteiger partial charge in [-0.2, -0.15) is 5.26 Å². The van der Waals surface area contributed by atoms with Crippen molar-refractivity contribution in [1.29, 1.82) is 5.26 Å². The van der Waals surface area contributed by atoms with Crippen molar-refractivity contribution in [2.45, 2.75) is 63.1 Å². The van der Waals surface area contributed by atoms with Crippen molar-refractivity contribution in [3.8, 4) is 6.07 Å². The van der Waals surface area contributed by atoms with Crippen LogP contribution in [0.4, 0.5) is 0 Å². The summed E-state index contributed by atoms with van der Waals surface area (Å²) >= 11 is 1.41. The highest BCUT2D eigenvalue weighted by Gasteiger charge is 2.32. The van der Waals surface area contributed by atoms with Crippen LogP contribution in [0.2, 0.25) is 0 Å². The second kappa shape index (κ2) is 8.36. The zero-order valence-electron chi connectivity index (χ0n) is 16.3. The lowest BCUT2D eigenvalue weighted by atomic mass is 9.95. The number of aromatic nitrogens is 1. The number of hydrogen-bond donors (Lipinski definition) is 0. The van der Waals surface area contributed by atoms with Crippen LogP contribution >= 0.6 is 11.8 Å². The van der Waals surface area contributed by atoms with E-state index in [4.69, 9.17) is 4.98 Å². The Morgan fingerprint density at radius 3 is 2.71 bits per heavy atom. The van der Waals surface area contributed by atoms with Crippen molar-refractivity contribution in [3.05, 3.63) is 58.3 Å². The molecule has 1 saturated carbocycles. The van der Waals surface area contributed by atoms with Crippen LogP contribution in [0.25, 0.3) is 0 Å². The van der Waals surface area contributed by atoms with E-state index in [1.807, 2.05) is 11.0 Å². The Kier molecular flexibility index (Phi) is 5.68. The van der Waals surface area contributed by atoms with Gasteiger partial charge < -0.3 is 4.90 Å². The van der Waals surface area contributed by atoms with Gasteiger partial charge in [0.25, 0.3) is 0 Å². The molecule has 1 aromatic heterocycles. The molecule has 2 aliphatic carbocycles. The number of fused-ring (bicyclic) bond motifs is 1. The molecule has 0 spiro atoms. The highest BCUT2D eigenvalue weighted by molar-refractivity contribution is 8.00. The number of carbonyl (C=O) groups is 1. The molecule has 4 rings (SSSR count). The second-order valence-corrected chi connectivity index (χ2v) is 8.76. The molecule has 4 nitrogen and oxygen atoms in total. The predicted octanol–water partition coefficient (Wildman–Crippen LogP) is 4.42. The molecule has 2 aromatic rings. The van der Waals surface area contributed by atoms with Crippen LogP contribution in [0.1, 0.15) is 53.6 Å². The van der Waals surface area contributed by atoms with Gasteiger partial charge in [-0.1, -0.05) is 41.6 Å². The van der Waals surface area contributed by atoms with E-state index in [1.165, 1.54) is 34.9 Å². The third kappa shape index (κ3) is 4.39. The van der Waals surface area contributed by atoms with Crippen molar-refractivity contribution < 1.29 is 4.79 Å². The Balaban J connectivity index is 1.45. The molecule has 1 amide bonds. The van der Waals surface area contributed by atoms with Gasteiger partial charge in [0.15, 0.2) is 0 Å². The first-order valence-electron chi connectivity index (χ1n) is 10.0. The summed E-state index contributed by atoms with van der Waals surface area (Å²) in [4.78, 5) is 19.7. The zero-order chi connectivity index (χ0) is 19.5. The molecule has 144 valence electrons. The number of benzene rings is 1. The fourth-order valence-corrected chi connectivity index (χ4v) is 4.58. The Bertz CT molecular complexity index is 913. The molecule has 0 atom stereocenters. The highest BCUT2D eigenvalue weighted by Crippen LogP contribution is 2.31. The average Bonchev–Trinajstić information content (AvgIpc) is 3.56. The van der Waals surface area contributed by atoms with Gasteiger partial charge in [-0.3, -0.25) is 4.79 Å². The minimum atomic E-state index is 0.136. The molecule has 5 heteroatoms. The molecule has 0 radical (unpaired) electrons. The lowest BCUT2D eigenvalue weighted by Crippen LogP contribution is -2.34. The first kappa shape index (κ1) is 19.0. The molecule has 28 heavy (non-hydrogen) atoms. The van der Waals surface area contributed by atoms with Crippen molar-refractivity contribution in [3.63, 3.8) is 0 Å². The summed E-state index contributed by atoms with van der Waals surface area (Å²) in [7, 11) is 0.